The van der Waals surface area contributed by atoms with Gasteiger partial charge in [0.25, 0.3) is 0 Å². The molecule has 0 saturated heterocycles. The minimum atomic E-state index is -1.28. The van der Waals surface area contributed by atoms with Crippen LogP contribution in [0.3, 0.4) is 0 Å². The normalized spacial score (nSPS) is 26.9. The molecule has 3 N–H and O–H groups in total. The van der Waals surface area contributed by atoms with Crippen LogP contribution in [0.1, 0.15) is 16.7 Å². The van der Waals surface area contributed by atoms with Crippen LogP contribution in [0.25, 0.3) is 0 Å². The third kappa shape index (κ3) is 6.30. The number of rotatable bonds is 10. The molecule has 0 aliphatic heterocycles. The topological polar surface area (TPSA) is 88.4 Å². The first-order valence-corrected chi connectivity index (χ1v) is 11.6. The highest BCUT2D eigenvalue weighted by Gasteiger charge is 2.50. The quantitative estimate of drug-likeness (QED) is 0.427. The second-order valence-corrected chi connectivity index (χ2v) is 8.66. The van der Waals surface area contributed by atoms with Crippen LogP contribution in [0, 0.1) is 5.92 Å². The fourth-order valence-electron chi connectivity index (χ4n) is 4.32. The summed E-state index contributed by atoms with van der Waals surface area (Å²) in [6.07, 6.45) is -5.38. The van der Waals surface area contributed by atoms with Gasteiger partial charge >= 0.3 is 0 Å². The molecule has 3 aromatic carbocycles. The van der Waals surface area contributed by atoms with E-state index in [-0.39, 0.29) is 19.8 Å². The molecule has 6 heteroatoms. The van der Waals surface area contributed by atoms with Crippen molar-refractivity contribution >= 4 is 0 Å². The maximum absolute atomic E-state index is 11.2. The third-order valence-corrected chi connectivity index (χ3v) is 6.21. The first kappa shape index (κ1) is 24.5. The SMILES string of the molecule is O[C@H]1[C@H](O)[C@@H](OCc2ccccc2)[C@H](O)[C@H](OCc2ccccc2)[C@@H]1COCc1ccccc1. The van der Waals surface area contributed by atoms with E-state index in [0.717, 1.165) is 16.7 Å². The Bertz CT molecular complexity index is 968. The third-order valence-electron chi connectivity index (χ3n) is 6.21. The zero-order valence-electron chi connectivity index (χ0n) is 19.0. The summed E-state index contributed by atoms with van der Waals surface area (Å²) in [7, 11) is 0. The van der Waals surface area contributed by atoms with Gasteiger partial charge in [-0.3, -0.25) is 0 Å². The summed E-state index contributed by atoms with van der Waals surface area (Å²) in [6.45, 7) is 0.934. The van der Waals surface area contributed by atoms with E-state index in [1.54, 1.807) is 0 Å². The molecular weight excluding hydrogens is 432 g/mol. The largest absolute Gasteiger partial charge is 0.390 e. The molecule has 34 heavy (non-hydrogen) atoms. The van der Waals surface area contributed by atoms with Crippen molar-refractivity contribution in [2.45, 2.75) is 50.3 Å². The Labute approximate surface area is 200 Å². The van der Waals surface area contributed by atoms with Crippen molar-refractivity contribution < 1.29 is 29.5 Å². The molecule has 1 fully saturated rings. The molecule has 0 spiro atoms. The van der Waals surface area contributed by atoms with Gasteiger partial charge in [-0.05, 0) is 16.7 Å². The predicted octanol–water partition coefficient (Wildman–Crippen LogP) is 3.09. The molecule has 1 aliphatic carbocycles. The van der Waals surface area contributed by atoms with Crippen molar-refractivity contribution in [3.05, 3.63) is 108 Å². The van der Waals surface area contributed by atoms with Crippen molar-refractivity contribution in [1.29, 1.82) is 0 Å². The Hall–Kier alpha value is -2.58. The fourth-order valence-corrected chi connectivity index (χ4v) is 4.32. The van der Waals surface area contributed by atoms with Gasteiger partial charge in [-0.15, -0.1) is 0 Å². The molecule has 0 heterocycles. The maximum atomic E-state index is 11.2. The number of hydrogen-bond donors (Lipinski definition) is 3. The van der Waals surface area contributed by atoms with E-state index in [0.29, 0.717) is 6.61 Å². The monoisotopic (exact) mass is 464 g/mol. The lowest BCUT2D eigenvalue weighted by molar-refractivity contribution is -0.242. The number of ether oxygens (including phenoxy) is 3. The predicted molar refractivity (Wildman–Crippen MR) is 128 cm³/mol. The Balaban J connectivity index is 1.46. The van der Waals surface area contributed by atoms with E-state index < -0.39 is 36.4 Å². The summed E-state index contributed by atoms with van der Waals surface area (Å²) in [5.41, 5.74) is 2.85. The first-order valence-electron chi connectivity index (χ1n) is 11.6. The van der Waals surface area contributed by atoms with Gasteiger partial charge in [-0.1, -0.05) is 91.0 Å². The number of benzene rings is 3. The van der Waals surface area contributed by atoms with Gasteiger partial charge in [0.2, 0.25) is 0 Å². The van der Waals surface area contributed by atoms with Crippen molar-refractivity contribution in [3.63, 3.8) is 0 Å². The molecule has 1 saturated carbocycles. The molecule has 4 rings (SSSR count). The van der Waals surface area contributed by atoms with Crippen LogP contribution < -0.4 is 0 Å². The lowest BCUT2D eigenvalue weighted by atomic mass is 9.78. The fraction of sp³-hybridized carbons (Fsp3) is 0.357. The Morgan fingerprint density at radius 2 is 0.941 bits per heavy atom. The smallest absolute Gasteiger partial charge is 0.115 e. The second-order valence-electron chi connectivity index (χ2n) is 8.66. The Kier molecular flexibility index (Phi) is 8.82. The van der Waals surface area contributed by atoms with Gasteiger partial charge in [0.15, 0.2) is 0 Å². The van der Waals surface area contributed by atoms with E-state index in [1.807, 2.05) is 91.0 Å². The van der Waals surface area contributed by atoms with Gasteiger partial charge < -0.3 is 29.5 Å². The van der Waals surface area contributed by atoms with Crippen LogP contribution in [-0.4, -0.2) is 52.4 Å². The van der Waals surface area contributed by atoms with Crippen molar-refractivity contribution in [1.82, 2.24) is 0 Å². The summed E-state index contributed by atoms with van der Waals surface area (Å²) in [4.78, 5) is 0. The highest BCUT2D eigenvalue weighted by Crippen LogP contribution is 2.32. The highest BCUT2D eigenvalue weighted by atomic mass is 16.5. The minimum Gasteiger partial charge on any atom is -0.390 e. The first-order chi connectivity index (χ1) is 16.6. The summed E-state index contributed by atoms with van der Waals surface area (Å²) >= 11 is 0. The highest BCUT2D eigenvalue weighted by molar-refractivity contribution is 5.15. The molecule has 180 valence electrons. The molecule has 0 bridgehead atoms. The van der Waals surface area contributed by atoms with E-state index in [4.69, 9.17) is 14.2 Å². The maximum Gasteiger partial charge on any atom is 0.115 e. The van der Waals surface area contributed by atoms with E-state index in [9.17, 15) is 15.3 Å². The molecule has 3 aromatic rings. The van der Waals surface area contributed by atoms with E-state index in [1.165, 1.54) is 0 Å². The average Bonchev–Trinajstić information content (AvgIpc) is 2.88. The second kappa shape index (κ2) is 12.2. The summed E-state index contributed by atoms with van der Waals surface area (Å²) in [5, 5.41) is 33.0. The van der Waals surface area contributed by atoms with Crippen LogP contribution in [0.2, 0.25) is 0 Å². The van der Waals surface area contributed by atoms with Crippen molar-refractivity contribution in [2.24, 2.45) is 5.92 Å². The molecule has 0 radical (unpaired) electrons. The lowest BCUT2D eigenvalue weighted by Crippen LogP contribution is -2.63. The minimum absolute atomic E-state index is 0.120. The van der Waals surface area contributed by atoms with Gasteiger partial charge in [0, 0.05) is 5.92 Å². The van der Waals surface area contributed by atoms with E-state index in [2.05, 4.69) is 0 Å². The number of aliphatic hydroxyl groups is 3. The van der Waals surface area contributed by atoms with Crippen LogP contribution in [0.15, 0.2) is 91.0 Å². The molecule has 0 unspecified atom stereocenters. The molecule has 1 aliphatic rings. The number of aliphatic hydroxyl groups excluding tert-OH is 3. The molecule has 6 atom stereocenters. The zero-order valence-corrected chi connectivity index (χ0v) is 19.0. The van der Waals surface area contributed by atoms with Gasteiger partial charge in [-0.25, -0.2) is 0 Å². The number of hydrogen-bond acceptors (Lipinski definition) is 6. The Morgan fingerprint density at radius 3 is 1.44 bits per heavy atom. The molecule has 0 amide bonds. The summed E-state index contributed by atoms with van der Waals surface area (Å²) < 4.78 is 17.9. The lowest BCUT2D eigenvalue weighted by Gasteiger charge is -2.45. The molecule has 6 nitrogen and oxygen atoms in total. The van der Waals surface area contributed by atoms with Gasteiger partial charge in [0.05, 0.1) is 38.6 Å². The van der Waals surface area contributed by atoms with Gasteiger partial charge in [0.1, 0.15) is 18.3 Å². The average molecular weight is 465 g/mol. The van der Waals surface area contributed by atoms with Crippen molar-refractivity contribution in [3.8, 4) is 0 Å². The van der Waals surface area contributed by atoms with Crippen LogP contribution in [0.4, 0.5) is 0 Å². The zero-order chi connectivity index (χ0) is 23.8. The molecular formula is C28H32O6. The van der Waals surface area contributed by atoms with Crippen LogP contribution >= 0.6 is 0 Å². The van der Waals surface area contributed by atoms with Crippen LogP contribution in [-0.2, 0) is 34.0 Å². The van der Waals surface area contributed by atoms with Crippen LogP contribution in [0.5, 0.6) is 0 Å². The van der Waals surface area contributed by atoms with Crippen molar-refractivity contribution in [2.75, 3.05) is 6.61 Å². The molecule has 0 aromatic heterocycles. The van der Waals surface area contributed by atoms with Gasteiger partial charge in [-0.2, -0.15) is 0 Å². The summed E-state index contributed by atoms with van der Waals surface area (Å²) in [5.74, 6) is -0.631. The Morgan fingerprint density at radius 1 is 0.500 bits per heavy atom. The summed E-state index contributed by atoms with van der Waals surface area (Å²) in [6, 6.07) is 28.8. The standard InChI is InChI=1S/C28H32O6/c29-24-23(19-32-16-20-10-4-1-5-11-20)27(33-17-21-12-6-2-7-13-21)26(31)28(25(24)30)34-18-22-14-8-3-9-15-22/h1-15,23-31H,16-19H2/t23-,24-,25+,26-,27-,28-/m1/s1. The van der Waals surface area contributed by atoms with E-state index >= 15 is 0 Å².